The summed E-state index contributed by atoms with van der Waals surface area (Å²) in [7, 11) is 0. The number of likely N-dealkylation sites (N-methyl/N-ethyl adjacent to an activating group) is 1. The van der Waals surface area contributed by atoms with E-state index in [2.05, 4.69) is 39.7 Å². The van der Waals surface area contributed by atoms with E-state index in [0.717, 1.165) is 42.2 Å². The van der Waals surface area contributed by atoms with Gasteiger partial charge in [-0.2, -0.15) is 5.10 Å². The number of carbonyl (C=O) groups is 1. The molecule has 0 saturated heterocycles. The van der Waals surface area contributed by atoms with Crippen LogP contribution in [0.15, 0.2) is 64.5 Å². The monoisotopic (exact) mass is 424 g/mol. The molecule has 1 atom stereocenters. The molecule has 0 fully saturated rings. The Balaban J connectivity index is 1.46. The third-order valence-corrected chi connectivity index (χ3v) is 6.95. The summed E-state index contributed by atoms with van der Waals surface area (Å²) in [6.07, 6.45) is 3.42. The molecule has 0 N–H and O–H groups in total. The van der Waals surface area contributed by atoms with Gasteiger partial charge in [0.1, 0.15) is 0 Å². The second kappa shape index (κ2) is 9.43. The van der Waals surface area contributed by atoms with Gasteiger partial charge in [0.05, 0.1) is 23.2 Å². The summed E-state index contributed by atoms with van der Waals surface area (Å²) in [5.41, 5.74) is 2.05. The molecule has 7 heteroatoms. The second-order valence-corrected chi connectivity index (χ2v) is 8.86. The molecule has 0 radical (unpaired) electrons. The number of rotatable bonds is 8. The fourth-order valence-electron chi connectivity index (χ4n) is 3.47. The van der Waals surface area contributed by atoms with Crippen molar-refractivity contribution in [2.24, 2.45) is 5.10 Å². The van der Waals surface area contributed by atoms with E-state index in [1.54, 1.807) is 27.7 Å². The molecule has 4 heterocycles. The van der Waals surface area contributed by atoms with Crippen molar-refractivity contribution in [3.63, 3.8) is 0 Å². The number of hydrogen-bond acceptors (Lipinski definition) is 6. The van der Waals surface area contributed by atoms with Crippen molar-refractivity contribution in [3.05, 3.63) is 74.9 Å². The zero-order chi connectivity index (χ0) is 20.1. The third-order valence-electron chi connectivity index (χ3n) is 5.06. The maximum Gasteiger partial charge on any atom is 0.257 e. The zero-order valence-electron chi connectivity index (χ0n) is 16.4. The van der Waals surface area contributed by atoms with Crippen molar-refractivity contribution in [1.82, 2.24) is 14.9 Å². The maximum absolute atomic E-state index is 13.2. The van der Waals surface area contributed by atoms with Crippen LogP contribution in [0.3, 0.4) is 0 Å². The molecule has 3 aromatic heterocycles. The highest BCUT2D eigenvalue weighted by Gasteiger charge is 2.34. The van der Waals surface area contributed by atoms with Crippen LogP contribution < -0.4 is 0 Å². The fourth-order valence-corrected chi connectivity index (χ4v) is 5.00. The predicted octanol–water partition coefficient (Wildman–Crippen LogP) is 4.45. The number of nitrogens with zero attached hydrogens (tertiary/aromatic N) is 4. The molecule has 29 heavy (non-hydrogen) atoms. The lowest BCUT2D eigenvalue weighted by molar-refractivity contribution is -0.134. The number of hydrogen-bond donors (Lipinski definition) is 0. The first-order chi connectivity index (χ1) is 14.2. The fraction of sp³-hybridized carbons (Fsp3) is 0.318. The average molecular weight is 425 g/mol. The Morgan fingerprint density at radius 3 is 2.72 bits per heavy atom. The molecule has 150 valence electrons. The van der Waals surface area contributed by atoms with Gasteiger partial charge in [-0.05, 0) is 41.6 Å². The number of pyridine rings is 1. The largest absolute Gasteiger partial charge is 0.294 e. The van der Waals surface area contributed by atoms with Gasteiger partial charge in [0, 0.05) is 36.2 Å². The van der Waals surface area contributed by atoms with Gasteiger partial charge < -0.3 is 0 Å². The van der Waals surface area contributed by atoms with Gasteiger partial charge in [0.15, 0.2) is 0 Å². The molecule has 0 aromatic carbocycles. The Hall–Kier alpha value is -2.35. The van der Waals surface area contributed by atoms with Crippen LogP contribution in [-0.4, -0.2) is 46.1 Å². The highest BCUT2D eigenvalue weighted by Crippen LogP contribution is 2.35. The van der Waals surface area contributed by atoms with Crippen LogP contribution >= 0.6 is 22.7 Å². The quantitative estimate of drug-likeness (QED) is 0.537. The molecule has 0 bridgehead atoms. The first-order valence-corrected chi connectivity index (χ1v) is 11.6. The molecule has 0 spiro atoms. The van der Waals surface area contributed by atoms with Crippen LogP contribution in [0, 0.1) is 0 Å². The number of amides is 1. The van der Waals surface area contributed by atoms with Gasteiger partial charge in [-0.25, -0.2) is 5.01 Å². The first kappa shape index (κ1) is 19.9. The average Bonchev–Trinajstić information content (AvgIpc) is 3.51. The Morgan fingerprint density at radius 2 is 2.03 bits per heavy atom. The molecule has 1 amide bonds. The number of carbonyl (C=O) groups excluding carboxylic acids is 1. The molecule has 4 rings (SSSR count). The van der Waals surface area contributed by atoms with E-state index in [1.807, 2.05) is 36.5 Å². The Kier molecular flexibility index (Phi) is 6.49. The molecule has 0 aliphatic carbocycles. The van der Waals surface area contributed by atoms with Gasteiger partial charge in [-0.3, -0.25) is 14.7 Å². The van der Waals surface area contributed by atoms with Crippen LogP contribution in [-0.2, 0) is 11.2 Å². The molecule has 1 aliphatic heterocycles. The third kappa shape index (κ3) is 4.80. The highest BCUT2D eigenvalue weighted by molar-refractivity contribution is 7.12. The maximum atomic E-state index is 13.2. The van der Waals surface area contributed by atoms with Gasteiger partial charge in [0.2, 0.25) is 0 Å². The summed E-state index contributed by atoms with van der Waals surface area (Å²) in [5, 5.41) is 10.6. The van der Waals surface area contributed by atoms with Crippen molar-refractivity contribution in [1.29, 1.82) is 0 Å². The minimum Gasteiger partial charge on any atom is -0.294 e. The van der Waals surface area contributed by atoms with Crippen LogP contribution in [0.1, 0.15) is 34.8 Å². The lowest BCUT2D eigenvalue weighted by atomic mass is 10.1. The van der Waals surface area contributed by atoms with E-state index in [0.29, 0.717) is 6.54 Å². The number of aromatic nitrogens is 1. The summed E-state index contributed by atoms with van der Waals surface area (Å²) in [5.74, 6) is 0.0535. The van der Waals surface area contributed by atoms with Crippen molar-refractivity contribution >= 4 is 34.3 Å². The minimum atomic E-state index is -0.00547. The van der Waals surface area contributed by atoms with E-state index in [-0.39, 0.29) is 11.9 Å². The van der Waals surface area contributed by atoms with Gasteiger partial charge in [0.25, 0.3) is 5.91 Å². The van der Waals surface area contributed by atoms with E-state index >= 15 is 0 Å². The summed E-state index contributed by atoms with van der Waals surface area (Å²) < 4.78 is 0. The molecule has 5 nitrogen and oxygen atoms in total. The SMILES string of the molecule is CCN(CCc1ccccn1)CC(=O)N1N=C(c2cccs2)C[C@@H]1c1cccs1. The number of hydrazone groups is 1. The Bertz CT molecular complexity index is 939. The molecular formula is C22H24N4OS2. The lowest BCUT2D eigenvalue weighted by Crippen LogP contribution is -2.39. The molecule has 1 aliphatic rings. The van der Waals surface area contributed by atoms with Crippen LogP contribution in [0.5, 0.6) is 0 Å². The first-order valence-electron chi connectivity index (χ1n) is 9.83. The summed E-state index contributed by atoms with van der Waals surface area (Å²) >= 11 is 3.36. The van der Waals surface area contributed by atoms with E-state index in [4.69, 9.17) is 5.10 Å². The van der Waals surface area contributed by atoms with Crippen molar-refractivity contribution in [3.8, 4) is 0 Å². The zero-order valence-corrected chi connectivity index (χ0v) is 18.0. The van der Waals surface area contributed by atoms with Gasteiger partial charge in [-0.1, -0.05) is 25.1 Å². The van der Waals surface area contributed by atoms with Crippen molar-refractivity contribution in [2.75, 3.05) is 19.6 Å². The smallest absolute Gasteiger partial charge is 0.257 e. The highest BCUT2D eigenvalue weighted by atomic mass is 32.1. The molecule has 0 saturated carbocycles. The number of thiophene rings is 2. The van der Waals surface area contributed by atoms with Crippen molar-refractivity contribution < 1.29 is 4.79 Å². The normalized spacial score (nSPS) is 16.4. The van der Waals surface area contributed by atoms with Crippen molar-refractivity contribution in [2.45, 2.75) is 25.8 Å². The van der Waals surface area contributed by atoms with Crippen LogP contribution in [0.25, 0.3) is 0 Å². The van der Waals surface area contributed by atoms with Crippen LogP contribution in [0.4, 0.5) is 0 Å². The van der Waals surface area contributed by atoms with Gasteiger partial charge in [-0.15, -0.1) is 22.7 Å². The van der Waals surface area contributed by atoms with E-state index in [9.17, 15) is 4.79 Å². The Labute approximate surface area is 179 Å². The molecule has 3 aromatic rings. The minimum absolute atomic E-state index is 0.00547. The molecule has 0 unspecified atom stereocenters. The summed E-state index contributed by atoms with van der Waals surface area (Å²) in [4.78, 5) is 22.1. The van der Waals surface area contributed by atoms with Gasteiger partial charge >= 0.3 is 0 Å². The summed E-state index contributed by atoms with van der Waals surface area (Å²) in [6.45, 7) is 4.08. The predicted molar refractivity (Wildman–Crippen MR) is 119 cm³/mol. The lowest BCUT2D eigenvalue weighted by Gasteiger charge is -2.25. The van der Waals surface area contributed by atoms with E-state index in [1.165, 1.54) is 4.88 Å². The second-order valence-electron chi connectivity index (χ2n) is 6.94. The topological polar surface area (TPSA) is 48.8 Å². The standard InChI is InChI=1S/C22H24N4OS2/c1-2-25(12-10-17-7-3-4-11-23-17)16-22(27)26-19(21-9-6-14-29-21)15-18(24-26)20-8-5-13-28-20/h3-9,11,13-14,19H,2,10,12,15-16H2,1H3/t19-/m1/s1. The van der Waals surface area contributed by atoms with Crippen LogP contribution in [0.2, 0.25) is 0 Å². The molecular weight excluding hydrogens is 400 g/mol. The van der Waals surface area contributed by atoms with E-state index < -0.39 is 0 Å². The Morgan fingerprint density at radius 1 is 1.17 bits per heavy atom. The summed E-state index contributed by atoms with van der Waals surface area (Å²) in [6, 6.07) is 14.2.